The third kappa shape index (κ3) is 2.90. The van der Waals surface area contributed by atoms with Crippen molar-refractivity contribution in [3.63, 3.8) is 0 Å². The number of hydrogen-bond acceptors (Lipinski definition) is 4. The smallest absolute Gasteiger partial charge is 0.235 e. The van der Waals surface area contributed by atoms with E-state index < -0.39 is 0 Å². The molecule has 21 heavy (non-hydrogen) atoms. The molecule has 1 aromatic rings. The molecule has 0 aliphatic carbocycles. The van der Waals surface area contributed by atoms with Crippen molar-refractivity contribution in [1.29, 1.82) is 0 Å². The first-order valence-corrected chi connectivity index (χ1v) is 7.26. The quantitative estimate of drug-likeness (QED) is 0.843. The molecule has 2 amide bonds. The number of hydrogen-bond donors (Lipinski definition) is 1. The summed E-state index contributed by atoms with van der Waals surface area (Å²) < 4.78 is 11.0. The summed E-state index contributed by atoms with van der Waals surface area (Å²) in [5.74, 6) is 0.919. The molecule has 1 saturated heterocycles. The zero-order valence-corrected chi connectivity index (χ0v) is 12.1. The average Bonchev–Trinajstić information content (AvgIpc) is 2.87. The Morgan fingerprint density at radius 3 is 2.86 bits per heavy atom. The van der Waals surface area contributed by atoms with Crippen LogP contribution in [0.2, 0.25) is 0 Å². The van der Waals surface area contributed by atoms with Crippen molar-refractivity contribution >= 4 is 29.1 Å². The summed E-state index contributed by atoms with van der Waals surface area (Å²) in [6, 6.07) is 5.19. The summed E-state index contributed by atoms with van der Waals surface area (Å²) in [6.07, 6.45) is 0.275. The third-order valence-corrected chi connectivity index (χ3v) is 3.69. The minimum atomic E-state index is -0.265. The number of amides is 2. The van der Waals surface area contributed by atoms with E-state index in [1.807, 2.05) is 6.07 Å². The van der Waals surface area contributed by atoms with Crippen LogP contribution < -0.4 is 19.7 Å². The van der Waals surface area contributed by atoms with E-state index in [0.717, 1.165) is 5.69 Å². The second-order valence-electron chi connectivity index (χ2n) is 4.93. The van der Waals surface area contributed by atoms with Gasteiger partial charge in [0.15, 0.2) is 11.5 Å². The highest BCUT2D eigenvalue weighted by Crippen LogP contribution is 2.35. The van der Waals surface area contributed by atoms with Gasteiger partial charge >= 0.3 is 0 Å². The summed E-state index contributed by atoms with van der Waals surface area (Å²) in [5.41, 5.74) is 0.742. The predicted molar refractivity (Wildman–Crippen MR) is 77.1 cm³/mol. The van der Waals surface area contributed by atoms with Gasteiger partial charge in [0.1, 0.15) is 19.1 Å². The maximum absolute atomic E-state index is 12.1. The molecule has 112 valence electrons. The molecule has 3 rings (SSSR count). The highest BCUT2D eigenvalue weighted by molar-refractivity contribution is 6.27. The van der Waals surface area contributed by atoms with E-state index >= 15 is 0 Å². The van der Waals surface area contributed by atoms with Crippen LogP contribution in [0, 0.1) is 0 Å². The number of ether oxygens (including phenoxy) is 2. The van der Waals surface area contributed by atoms with Crippen LogP contribution in [0.5, 0.6) is 11.5 Å². The number of halogens is 1. The Bertz CT molecular complexity index is 578. The summed E-state index contributed by atoms with van der Waals surface area (Å²) in [7, 11) is 0. The number of rotatable bonds is 3. The first-order valence-electron chi connectivity index (χ1n) is 6.72. The van der Waals surface area contributed by atoms with Gasteiger partial charge in [-0.05, 0) is 12.1 Å². The summed E-state index contributed by atoms with van der Waals surface area (Å²) in [4.78, 5) is 25.0. The van der Waals surface area contributed by atoms with Crippen molar-refractivity contribution in [1.82, 2.24) is 5.32 Å². The number of anilines is 1. The molecule has 2 aliphatic rings. The van der Waals surface area contributed by atoms with E-state index in [1.54, 1.807) is 17.0 Å². The van der Waals surface area contributed by atoms with Gasteiger partial charge in [0.05, 0.1) is 6.04 Å². The fourth-order valence-electron chi connectivity index (χ4n) is 2.52. The Labute approximate surface area is 127 Å². The lowest BCUT2D eigenvalue weighted by Crippen LogP contribution is -2.37. The number of nitrogens with one attached hydrogen (secondary N) is 1. The maximum Gasteiger partial charge on any atom is 0.235 e. The van der Waals surface area contributed by atoms with E-state index in [2.05, 4.69) is 5.32 Å². The van der Waals surface area contributed by atoms with Crippen LogP contribution in [0.3, 0.4) is 0 Å². The molecule has 0 radical (unpaired) electrons. The number of carbonyl (C=O) groups is 2. The predicted octanol–water partition coefficient (Wildman–Crippen LogP) is 0.918. The lowest BCUT2D eigenvalue weighted by Gasteiger charge is -2.22. The lowest BCUT2D eigenvalue weighted by atomic mass is 10.2. The van der Waals surface area contributed by atoms with E-state index in [9.17, 15) is 9.59 Å². The Hall–Kier alpha value is -1.95. The molecule has 2 aliphatic heterocycles. The van der Waals surface area contributed by atoms with Gasteiger partial charge in [-0.15, -0.1) is 11.6 Å². The standard InChI is InChI=1S/C14H15ClN2O4/c15-7-13(18)16-9-5-14(19)17(8-9)10-1-2-11-12(6-10)21-4-3-20-11/h1-2,6,9H,3-5,7-8H2,(H,16,18)/t9-/m0/s1. The van der Waals surface area contributed by atoms with Gasteiger partial charge < -0.3 is 19.7 Å². The number of fused-ring (bicyclic) bond motifs is 1. The highest BCUT2D eigenvalue weighted by atomic mass is 35.5. The molecule has 0 unspecified atom stereocenters. The second-order valence-corrected chi connectivity index (χ2v) is 5.20. The summed E-state index contributed by atoms with van der Waals surface area (Å²) in [6.45, 7) is 1.46. The van der Waals surface area contributed by atoms with Crippen molar-refractivity contribution in [2.75, 3.05) is 30.5 Å². The molecule has 1 fully saturated rings. The Kier molecular flexibility index (Phi) is 3.88. The summed E-state index contributed by atoms with van der Waals surface area (Å²) in [5, 5.41) is 2.73. The first-order chi connectivity index (χ1) is 10.2. The van der Waals surface area contributed by atoms with E-state index in [0.29, 0.717) is 31.3 Å². The fourth-order valence-corrected chi connectivity index (χ4v) is 2.60. The fraction of sp³-hybridized carbons (Fsp3) is 0.429. The molecule has 0 aromatic heterocycles. The van der Waals surface area contributed by atoms with Crippen LogP contribution >= 0.6 is 11.6 Å². The topological polar surface area (TPSA) is 67.9 Å². The Morgan fingerprint density at radius 1 is 1.33 bits per heavy atom. The Morgan fingerprint density at radius 2 is 2.10 bits per heavy atom. The van der Waals surface area contributed by atoms with E-state index in [-0.39, 0.29) is 30.2 Å². The number of nitrogens with zero attached hydrogens (tertiary/aromatic N) is 1. The zero-order chi connectivity index (χ0) is 14.8. The van der Waals surface area contributed by atoms with Crippen LogP contribution in [-0.4, -0.2) is 43.5 Å². The number of alkyl halides is 1. The Balaban J connectivity index is 1.75. The number of carbonyl (C=O) groups excluding carboxylic acids is 2. The second kappa shape index (κ2) is 5.81. The van der Waals surface area contributed by atoms with Gasteiger partial charge in [-0.2, -0.15) is 0 Å². The van der Waals surface area contributed by atoms with E-state index in [4.69, 9.17) is 21.1 Å². The highest BCUT2D eigenvalue weighted by Gasteiger charge is 2.32. The molecule has 2 heterocycles. The maximum atomic E-state index is 12.1. The van der Waals surface area contributed by atoms with Crippen LogP contribution in [0.25, 0.3) is 0 Å². The molecule has 7 heteroatoms. The summed E-state index contributed by atoms with van der Waals surface area (Å²) >= 11 is 5.46. The molecule has 0 bridgehead atoms. The molecule has 1 atom stereocenters. The SMILES string of the molecule is O=C(CCl)N[C@H]1CC(=O)N(c2ccc3c(c2)OCCO3)C1. The number of benzene rings is 1. The van der Waals surface area contributed by atoms with Crippen molar-refractivity contribution < 1.29 is 19.1 Å². The van der Waals surface area contributed by atoms with Gasteiger partial charge in [-0.3, -0.25) is 9.59 Å². The first kappa shape index (κ1) is 14.0. The van der Waals surface area contributed by atoms with Gasteiger partial charge in [-0.25, -0.2) is 0 Å². The average molecular weight is 311 g/mol. The van der Waals surface area contributed by atoms with Gasteiger partial charge in [0.2, 0.25) is 11.8 Å². The molecule has 6 nitrogen and oxygen atoms in total. The molecule has 0 spiro atoms. The molecule has 1 aromatic carbocycles. The van der Waals surface area contributed by atoms with Crippen molar-refractivity contribution in [2.24, 2.45) is 0 Å². The van der Waals surface area contributed by atoms with Crippen molar-refractivity contribution in [3.8, 4) is 11.5 Å². The van der Waals surface area contributed by atoms with Crippen LogP contribution in [0.4, 0.5) is 5.69 Å². The molecule has 1 N–H and O–H groups in total. The van der Waals surface area contributed by atoms with Gasteiger partial charge in [0.25, 0.3) is 0 Å². The minimum Gasteiger partial charge on any atom is -0.486 e. The van der Waals surface area contributed by atoms with Crippen LogP contribution in [-0.2, 0) is 9.59 Å². The minimum absolute atomic E-state index is 0.0356. The zero-order valence-electron chi connectivity index (χ0n) is 11.3. The van der Waals surface area contributed by atoms with Gasteiger partial charge in [0, 0.05) is 24.7 Å². The third-order valence-electron chi connectivity index (χ3n) is 3.45. The molecular formula is C14H15ClN2O4. The largest absolute Gasteiger partial charge is 0.486 e. The van der Waals surface area contributed by atoms with E-state index in [1.165, 1.54) is 0 Å². The van der Waals surface area contributed by atoms with Crippen LogP contribution in [0.1, 0.15) is 6.42 Å². The molecular weight excluding hydrogens is 296 g/mol. The van der Waals surface area contributed by atoms with Crippen molar-refractivity contribution in [3.05, 3.63) is 18.2 Å². The van der Waals surface area contributed by atoms with Crippen molar-refractivity contribution in [2.45, 2.75) is 12.5 Å². The lowest BCUT2D eigenvalue weighted by molar-refractivity contribution is -0.119. The van der Waals surface area contributed by atoms with Crippen LogP contribution in [0.15, 0.2) is 18.2 Å². The van der Waals surface area contributed by atoms with Gasteiger partial charge in [-0.1, -0.05) is 0 Å². The molecule has 0 saturated carbocycles. The monoisotopic (exact) mass is 310 g/mol. The normalized spacial score (nSPS) is 20.5.